The monoisotopic (exact) mass is 330 g/mol. The Morgan fingerprint density at radius 3 is 2.71 bits per heavy atom. The molecule has 5 nitrogen and oxygen atoms in total. The van der Waals surface area contributed by atoms with Crippen molar-refractivity contribution in [2.75, 3.05) is 13.2 Å². The summed E-state index contributed by atoms with van der Waals surface area (Å²) in [5.74, 6) is 2.75. The third-order valence-electron chi connectivity index (χ3n) is 3.61. The van der Waals surface area contributed by atoms with E-state index in [-0.39, 0.29) is 5.91 Å². The van der Waals surface area contributed by atoms with Crippen molar-refractivity contribution < 1.29 is 13.9 Å². The predicted octanol–water partition coefficient (Wildman–Crippen LogP) is 3.84. The number of nitrogens with zero attached hydrogens (tertiary/aromatic N) is 1. The number of oxazole rings is 1. The second-order valence-corrected chi connectivity index (χ2v) is 6.11. The maximum atomic E-state index is 11.8. The first-order valence-corrected chi connectivity index (χ1v) is 8.53. The Kier molecular flexibility index (Phi) is 6.85. The van der Waals surface area contributed by atoms with Gasteiger partial charge in [0.2, 0.25) is 5.91 Å². The molecule has 0 aliphatic rings. The summed E-state index contributed by atoms with van der Waals surface area (Å²) in [6.07, 6.45) is 3.58. The van der Waals surface area contributed by atoms with Crippen LogP contribution in [0.3, 0.4) is 0 Å². The maximum absolute atomic E-state index is 11.8. The molecule has 0 radical (unpaired) electrons. The Hall–Kier alpha value is -2.30. The van der Waals surface area contributed by atoms with Gasteiger partial charge in [0.15, 0.2) is 11.7 Å². The molecular weight excluding hydrogens is 304 g/mol. The molecule has 0 fully saturated rings. The molecule has 2 aromatic rings. The largest absolute Gasteiger partial charge is 0.494 e. The van der Waals surface area contributed by atoms with Crippen LogP contribution in [0.1, 0.15) is 39.5 Å². The zero-order chi connectivity index (χ0) is 17.4. The van der Waals surface area contributed by atoms with Crippen LogP contribution in [0.2, 0.25) is 0 Å². The van der Waals surface area contributed by atoms with E-state index in [9.17, 15) is 4.79 Å². The van der Waals surface area contributed by atoms with Crippen LogP contribution >= 0.6 is 0 Å². The minimum absolute atomic E-state index is 0.0384. The number of nitrogens with one attached hydrogen (secondary N) is 1. The van der Waals surface area contributed by atoms with Gasteiger partial charge in [0.25, 0.3) is 0 Å². The summed E-state index contributed by atoms with van der Waals surface area (Å²) in [5.41, 5.74) is 0.943. The fourth-order valence-corrected chi connectivity index (χ4v) is 2.25. The third-order valence-corrected chi connectivity index (χ3v) is 3.61. The highest BCUT2D eigenvalue weighted by molar-refractivity contribution is 5.76. The van der Waals surface area contributed by atoms with E-state index in [1.807, 2.05) is 31.2 Å². The number of benzene rings is 1. The third kappa shape index (κ3) is 5.72. The van der Waals surface area contributed by atoms with Crippen molar-refractivity contribution in [2.24, 2.45) is 5.92 Å². The van der Waals surface area contributed by atoms with Gasteiger partial charge >= 0.3 is 0 Å². The highest BCUT2D eigenvalue weighted by Gasteiger charge is 2.09. The normalized spacial score (nSPS) is 10.8. The fraction of sp³-hybridized carbons (Fsp3) is 0.474. The van der Waals surface area contributed by atoms with Gasteiger partial charge in [0, 0.05) is 24.9 Å². The first-order chi connectivity index (χ1) is 11.6. The smallest absolute Gasteiger partial charge is 0.220 e. The number of aromatic nitrogens is 1. The van der Waals surface area contributed by atoms with Crippen molar-refractivity contribution >= 4 is 5.91 Å². The highest BCUT2D eigenvalue weighted by atomic mass is 16.5. The molecule has 0 bridgehead atoms. The molecule has 1 N–H and O–H groups in total. The lowest BCUT2D eigenvalue weighted by Crippen LogP contribution is -2.25. The van der Waals surface area contributed by atoms with E-state index < -0.39 is 0 Å². The molecule has 24 heavy (non-hydrogen) atoms. The Labute approximate surface area is 143 Å². The van der Waals surface area contributed by atoms with Crippen LogP contribution in [0.15, 0.2) is 34.9 Å². The second kappa shape index (κ2) is 9.11. The van der Waals surface area contributed by atoms with Gasteiger partial charge in [0.1, 0.15) is 5.75 Å². The van der Waals surface area contributed by atoms with Crippen molar-refractivity contribution in [1.82, 2.24) is 10.3 Å². The van der Waals surface area contributed by atoms with Gasteiger partial charge in [-0.25, -0.2) is 4.98 Å². The molecule has 0 aliphatic carbocycles. The number of amides is 1. The van der Waals surface area contributed by atoms with Crippen LogP contribution in [0.4, 0.5) is 0 Å². The lowest BCUT2D eigenvalue weighted by molar-refractivity contribution is -0.121. The summed E-state index contributed by atoms with van der Waals surface area (Å²) >= 11 is 0. The molecule has 1 aromatic carbocycles. The van der Waals surface area contributed by atoms with Gasteiger partial charge in [-0.15, -0.1) is 0 Å². The Morgan fingerprint density at radius 2 is 2.04 bits per heavy atom. The summed E-state index contributed by atoms with van der Waals surface area (Å²) in [6, 6.07) is 7.69. The van der Waals surface area contributed by atoms with Crippen molar-refractivity contribution in [2.45, 2.75) is 40.0 Å². The number of hydrogen-bond donors (Lipinski definition) is 1. The molecule has 0 aliphatic heterocycles. The van der Waals surface area contributed by atoms with Crippen LogP contribution in [0.25, 0.3) is 11.3 Å². The lowest BCUT2D eigenvalue weighted by atomic mass is 10.1. The summed E-state index contributed by atoms with van der Waals surface area (Å²) < 4.78 is 11.2. The quantitative estimate of drug-likeness (QED) is 0.759. The zero-order valence-corrected chi connectivity index (χ0v) is 14.7. The van der Waals surface area contributed by atoms with E-state index >= 15 is 0 Å². The molecular formula is C19H26N2O3. The van der Waals surface area contributed by atoms with Gasteiger partial charge in [-0.1, -0.05) is 13.8 Å². The molecule has 130 valence electrons. The summed E-state index contributed by atoms with van der Waals surface area (Å²) in [6.45, 7) is 7.60. The van der Waals surface area contributed by atoms with E-state index in [2.05, 4.69) is 24.1 Å². The topological polar surface area (TPSA) is 64.4 Å². The first kappa shape index (κ1) is 18.0. The highest BCUT2D eigenvalue weighted by Crippen LogP contribution is 2.23. The minimum Gasteiger partial charge on any atom is -0.494 e. The van der Waals surface area contributed by atoms with Crippen molar-refractivity contribution in [3.63, 3.8) is 0 Å². The standard InChI is InChI=1S/C19H26N2O3/c1-4-23-16-7-5-15(6-8-16)17-13-21-19(24-17)10-9-18(22)20-12-11-14(2)3/h5-8,13-14H,4,9-12H2,1-3H3,(H,20,22). The SMILES string of the molecule is CCOc1ccc(-c2cnc(CCC(=O)NCCC(C)C)o2)cc1. The van der Waals surface area contributed by atoms with Crippen LogP contribution < -0.4 is 10.1 Å². The van der Waals surface area contributed by atoms with Crippen LogP contribution in [0.5, 0.6) is 5.75 Å². The molecule has 1 amide bonds. The molecule has 2 rings (SSSR count). The summed E-state index contributed by atoms with van der Waals surface area (Å²) in [5, 5.41) is 2.92. The van der Waals surface area contributed by atoms with Gasteiger partial charge in [-0.05, 0) is 43.5 Å². The number of carbonyl (C=O) groups excluding carboxylic acids is 1. The number of aryl methyl sites for hydroxylation is 1. The average Bonchev–Trinajstić information content (AvgIpc) is 3.02. The Balaban J connectivity index is 1.83. The van der Waals surface area contributed by atoms with Crippen molar-refractivity contribution in [1.29, 1.82) is 0 Å². The van der Waals surface area contributed by atoms with E-state index in [1.54, 1.807) is 6.20 Å². The summed E-state index contributed by atoms with van der Waals surface area (Å²) in [7, 11) is 0. The van der Waals surface area contributed by atoms with Crippen LogP contribution in [0, 0.1) is 5.92 Å². The van der Waals surface area contributed by atoms with Gasteiger partial charge in [-0.2, -0.15) is 0 Å². The fourth-order valence-electron chi connectivity index (χ4n) is 2.25. The molecule has 0 spiro atoms. The van der Waals surface area contributed by atoms with Crippen LogP contribution in [-0.2, 0) is 11.2 Å². The molecule has 0 atom stereocenters. The minimum atomic E-state index is 0.0384. The second-order valence-electron chi connectivity index (χ2n) is 6.11. The van der Waals surface area contributed by atoms with Gasteiger partial charge in [0.05, 0.1) is 12.8 Å². The molecule has 0 saturated heterocycles. The van der Waals surface area contributed by atoms with Crippen molar-refractivity contribution in [3.8, 4) is 17.1 Å². The number of ether oxygens (including phenoxy) is 1. The van der Waals surface area contributed by atoms with E-state index in [4.69, 9.17) is 9.15 Å². The van der Waals surface area contributed by atoms with E-state index in [1.165, 1.54) is 0 Å². The van der Waals surface area contributed by atoms with Gasteiger partial charge in [-0.3, -0.25) is 4.79 Å². The Bertz CT molecular complexity index is 632. The number of carbonyl (C=O) groups is 1. The predicted molar refractivity (Wildman–Crippen MR) is 93.9 cm³/mol. The number of rotatable bonds is 9. The van der Waals surface area contributed by atoms with E-state index in [0.29, 0.717) is 37.0 Å². The van der Waals surface area contributed by atoms with E-state index in [0.717, 1.165) is 24.3 Å². The molecule has 1 heterocycles. The molecule has 1 aromatic heterocycles. The summed E-state index contributed by atoms with van der Waals surface area (Å²) in [4.78, 5) is 16.0. The van der Waals surface area contributed by atoms with Crippen molar-refractivity contribution in [3.05, 3.63) is 36.4 Å². The number of hydrogen-bond acceptors (Lipinski definition) is 4. The molecule has 5 heteroatoms. The maximum Gasteiger partial charge on any atom is 0.220 e. The molecule has 0 unspecified atom stereocenters. The molecule has 0 saturated carbocycles. The lowest BCUT2D eigenvalue weighted by Gasteiger charge is -2.06. The van der Waals surface area contributed by atoms with Gasteiger partial charge < -0.3 is 14.5 Å². The van der Waals surface area contributed by atoms with Crippen LogP contribution in [-0.4, -0.2) is 24.0 Å². The first-order valence-electron chi connectivity index (χ1n) is 8.53. The Morgan fingerprint density at radius 1 is 1.29 bits per heavy atom. The zero-order valence-electron chi connectivity index (χ0n) is 14.7. The average molecular weight is 330 g/mol.